The maximum absolute atomic E-state index is 13.2. The predicted molar refractivity (Wildman–Crippen MR) is 110 cm³/mol. The van der Waals surface area contributed by atoms with E-state index in [0.717, 1.165) is 12.0 Å². The van der Waals surface area contributed by atoms with Crippen molar-refractivity contribution in [1.82, 2.24) is 19.7 Å². The van der Waals surface area contributed by atoms with Gasteiger partial charge in [-0.15, -0.1) is 0 Å². The van der Waals surface area contributed by atoms with E-state index < -0.39 is 0 Å². The number of hydrogen-bond acceptors (Lipinski definition) is 5. The summed E-state index contributed by atoms with van der Waals surface area (Å²) in [7, 11) is 0. The Kier molecular flexibility index (Phi) is 5.56. The fraction of sp³-hybridized carbons (Fsp3) is 0.273. The molecule has 0 radical (unpaired) electrons. The molecule has 1 atom stereocenters. The van der Waals surface area contributed by atoms with E-state index in [0.29, 0.717) is 30.8 Å². The van der Waals surface area contributed by atoms with Gasteiger partial charge in [-0.3, -0.25) is 14.6 Å². The summed E-state index contributed by atoms with van der Waals surface area (Å²) in [5.74, 6) is -0.621. The summed E-state index contributed by atoms with van der Waals surface area (Å²) in [5, 5.41) is 4.20. The number of hydrogen-bond donors (Lipinski definition) is 1. The molecule has 1 amide bonds. The third-order valence-corrected chi connectivity index (χ3v) is 5.37. The maximum Gasteiger partial charge on any atom is 0.227 e. The monoisotopic (exact) mass is 407 g/mol. The molecule has 3 aromatic rings. The number of amides is 1. The second kappa shape index (κ2) is 8.44. The van der Waals surface area contributed by atoms with Gasteiger partial charge in [-0.05, 0) is 48.7 Å². The average molecular weight is 407 g/mol. The van der Waals surface area contributed by atoms with Gasteiger partial charge in [0.25, 0.3) is 0 Å². The molecule has 1 aromatic carbocycles. The van der Waals surface area contributed by atoms with Crippen LogP contribution >= 0.6 is 0 Å². The van der Waals surface area contributed by atoms with E-state index >= 15 is 0 Å². The zero-order valence-corrected chi connectivity index (χ0v) is 16.4. The molecule has 7 nitrogen and oxygen atoms in total. The second-order valence-corrected chi connectivity index (χ2v) is 7.41. The van der Waals surface area contributed by atoms with Crippen LogP contribution in [0.2, 0.25) is 0 Å². The quantitative estimate of drug-likeness (QED) is 0.656. The molecule has 1 aliphatic heterocycles. The van der Waals surface area contributed by atoms with E-state index in [1.807, 2.05) is 6.07 Å². The minimum Gasteiger partial charge on any atom is -0.383 e. The topological polar surface area (TPSA) is 94.1 Å². The molecule has 1 fully saturated rings. The number of rotatable bonds is 5. The van der Waals surface area contributed by atoms with Crippen LogP contribution in [0.5, 0.6) is 0 Å². The lowest BCUT2D eigenvalue weighted by Crippen LogP contribution is -2.43. The van der Waals surface area contributed by atoms with Gasteiger partial charge in [-0.1, -0.05) is 6.07 Å². The summed E-state index contributed by atoms with van der Waals surface area (Å²) in [5.41, 5.74) is 7.92. The van der Waals surface area contributed by atoms with Gasteiger partial charge < -0.3 is 10.6 Å². The van der Waals surface area contributed by atoms with Crippen LogP contribution < -0.4 is 5.73 Å². The van der Waals surface area contributed by atoms with Gasteiger partial charge in [-0.2, -0.15) is 5.10 Å². The molecule has 1 saturated heterocycles. The molecule has 1 aliphatic rings. The van der Waals surface area contributed by atoms with Gasteiger partial charge in [-0.25, -0.2) is 9.07 Å². The highest BCUT2D eigenvalue weighted by Crippen LogP contribution is 2.25. The van der Waals surface area contributed by atoms with Crippen molar-refractivity contribution in [3.8, 4) is 5.69 Å². The van der Waals surface area contributed by atoms with Crippen molar-refractivity contribution in [3.05, 3.63) is 71.9 Å². The SMILES string of the molecule is Nc1c(C(=O)C2CCCN(C(=O)Cc3cccnc3)C2)cnn1-c1ccc(F)cc1. The van der Waals surface area contributed by atoms with Crippen molar-refractivity contribution >= 4 is 17.5 Å². The number of nitrogens with two attached hydrogens (primary N) is 1. The molecule has 8 heteroatoms. The van der Waals surface area contributed by atoms with Crippen LogP contribution in [0.25, 0.3) is 5.69 Å². The summed E-state index contributed by atoms with van der Waals surface area (Å²) in [6.45, 7) is 0.992. The van der Waals surface area contributed by atoms with Gasteiger partial charge in [0, 0.05) is 31.4 Å². The Labute approximate surface area is 173 Å². The zero-order valence-electron chi connectivity index (χ0n) is 16.4. The van der Waals surface area contributed by atoms with E-state index in [2.05, 4.69) is 10.1 Å². The predicted octanol–water partition coefficient (Wildman–Crippen LogP) is 2.65. The van der Waals surface area contributed by atoms with E-state index in [9.17, 15) is 14.0 Å². The number of carbonyl (C=O) groups is 2. The lowest BCUT2D eigenvalue weighted by molar-refractivity contribution is -0.131. The molecule has 0 spiro atoms. The summed E-state index contributed by atoms with van der Waals surface area (Å²) in [6, 6.07) is 9.38. The van der Waals surface area contributed by atoms with Gasteiger partial charge in [0.1, 0.15) is 11.6 Å². The van der Waals surface area contributed by atoms with Crippen LogP contribution in [0, 0.1) is 11.7 Å². The smallest absolute Gasteiger partial charge is 0.227 e. The third-order valence-electron chi connectivity index (χ3n) is 5.37. The molecule has 0 aliphatic carbocycles. The molecule has 2 aromatic heterocycles. The van der Waals surface area contributed by atoms with Crippen LogP contribution in [0.1, 0.15) is 28.8 Å². The number of nitrogen functional groups attached to an aromatic ring is 1. The summed E-state index contributed by atoms with van der Waals surface area (Å²) in [4.78, 5) is 31.5. The first-order chi connectivity index (χ1) is 14.5. The molecule has 154 valence electrons. The number of anilines is 1. The Morgan fingerprint density at radius 1 is 1.17 bits per heavy atom. The standard InChI is InChI=1S/C22H22FN5O2/c23-17-5-7-18(8-6-17)28-22(24)19(13-26-28)21(30)16-4-2-10-27(14-16)20(29)11-15-3-1-9-25-12-15/h1,3,5-9,12-13,16H,2,4,10-11,14,24H2. The Balaban J connectivity index is 1.47. The lowest BCUT2D eigenvalue weighted by atomic mass is 9.90. The Bertz CT molecular complexity index is 1050. The lowest BCUT2D eigenvalue weighted by Gasteiger charge is -2.32. The van der Waals surface area contributed by atoms with Gasteiger partial charge >= 0.3 is 0 Å². The van der Waals surface area contributed by atoms with Crippen LogP contribution in [-0.2, 0) is 11.2 Å². The third kappa shape index (κ3) is 4.07. The minimum absolute atomic E-state index is 0.0181. The largest absolute Gasteiger partial charge is 0.383 e. The summed E-state index contributed by atoms with van der Waals surface area (Å²) >= 11 is 0. The number of aromatic nitrogens is 3. The molecule has 0 saturated carbocycles. The molecule has 1 unspecified atom stereocenters. The first-order valence-corrected chi connectivity index (χ1v) is 9.83. The van der Waals surface area contributed by atoms with E-state index in [4.69, 9.17) is 5.73 Å². The molecule has 2 N–H and O–H groups in total. The van der Waals surface area contributed by atoms with Crippen LogP contribution in [0.15, 0.2) is 55.0 Å². The zero-order chi connectivity index (χ0) is 21.1. The highest BCUT2D eigenvalue weighted by Gasteiger charge is 2.31. The fourth-order valence-electron chi connectivity index (χ4n) is 3.76. The molecule has 0 bridgehead atoms. The van der Waals surface area contributed by atoms with Crippen molar-refractivity contribution in [1.29, 1.82) is 0 Å². The molecule has 30 heavy (non-hydrogen) atoms. The highest BCUT2D eigenvalue weighted by atomic mass is 19.1. The van der Waals surface area contributed by atoms with Gasteiger partial charge in [0.05, 0.1) is 23.9 Å². The summed E-state index contributed by atoms with van der Waals surface area (Å²) < 4.78 is 14.6. The number of ketones is 1. The Hall–Kier alpha value is -3.55. The van der Waals surface area contributed by atoms with Crippen molar-refractivity contribution in [3.63, 3.8) is 0 Å². The van der Waals surface area contributed by atoms with Crippen molar-refractivity contribution < 1.29 is 14.0 Å². The van der Waals surface area contributed by atoms with E-state index in [1.165, 1.54) is 23.0 Å². The average Bonchev–Trinajstić information content (AvgIpc) is 3.16. The molecular weight excluding hydrogens is 385 g/mol. The first kappa shape index (κ1) is 19.8. The van der Waals surface area contributed by atoms with Gasteiger partial charge in [0.15, 0.2) is 5.78 Å². The highest BCUT2D eigenvalue weighted by molar-refractivity contribution is 6.02. The van der Waals surface area contributed by atoms with Gasteiger partial charge in [0.2, 0.25) is 5.91 Å². The Morgan fingerprint density at radius 3 is 2.70 bits per heavy atom. The van der Waals surface area contributed by atoms with E-state index in [1.54, 1.807) is 35.5 Å². The Morgan fingerprint density at radius 2 is 1.97 bits per heavy atom. The van der Waals surface area contributed by atoms with Crippen molar-refractivity contribution in [2.24, 2.45) is 5.92 Å². The summed E-state index contributed by atoms with van der Waals surface area (Å²) in [6.07, 6.45) is 6.49. The number of halogens is 1. The number of nitrogens with zero attached hydrogens (tertiary/aromatic N) is 4. The van der Waals surface area contributed by atoms with Crippen molar-refractivity contribution in [2.75, 3.05) is 18.8 Å². The van der Waals surface area contributed by atoms with Crippen LogP contribution in [-0.4, -0.2) is 44.4 Å². The number of Topliss-reactive ketones (excluding diaryl/α,β-unsaturated/α-hetero) is 1. The number of piperidine rings is 1. The van der Waals surface area contributed by atoms with Crippen LogP contribution in [0.3, 0.4) is 0 Å². The molecule has 3 heterocycles. The number of benzene rings is 1. The fourth-order valence-corrected chi connectivity index (χ4v) is 3.76. The minimum atomic E-state index is -0.362. The maximum atomic E-state index is 13.2. The second-order valence-electron chi connectivity index (χ2n) is 7.41. The molecular formula is C22H22FN5O2. The van der Waals surface area contributed by atoms with E-state index in [-0.39, 0.29) is 35.7 Å². The number of likely N-dealkylation sites (tertiary alicyclic amines) is 1. The van der Waals surface area contributed by atoms with Crippen LogP contribution in [0.4, 0.5) is 10.2 Å². The number of carbonyl (C=O) groups excluding carboxylic acids is 2. The number of pyridine rings is 1. The normalized spacial score (nSPS) is 16.4. The first-order valence-electron chi connectivity index (χ1n) is 9.83. The van der Waals surface area contributed by atoms with Crippen molar-refractivity contribution in [2.45, 2.75) is 19.3 Å². The molecule has 4 rings (SSSR count).